The molecule has 0 saturated heterocycles. The predicted octanol–water partition coefficient (Wildman–Crippen LogP) is 3.59. The summed E-state index contributed by atoms with van der Waals surface area (Å²) in [5.74, 6) is 0. The van der Waals surface area contributed by atoms with E-state index in [2.05, 4.69) is 39.4 Å². The van der Waals surface area contributed by atoms with Crippen molar-refractivity contribution in [1.82, 2.24) is 5.32 Å². The van der Waals surface area contributed by atoms with Crippen molar-refractivity contribution in [1.29, 1.82) is 0 Å². The van der Waals surface area contributed by atoms with Crippen LogP contribution >= 0.6 is 15.9 Å². The minimum Gasteiger partial charge on any atom is -0.394 e. The van der Waals surface area contributed by atoms with Crippen LogP contribution in [0.2, 0.25) is 0 Å². The Balaban J connectivity index is 1.75. The molecule has 1 atom stereocenters. The van der Waals surface area contributed by atoms with E-state index in [0.29, 0.717) is 6.04 Å². The zero-order valence-corrected chi connectivity index (χ0v) is 13.6. The topological polar surface area (TPSA) is 32.3 Å². The van der Waals surface area contributed by atoms with Crippen molar-refractivity contribution < 1.29 is 5.11 Å². The van der Waals surface area contributed by atoms with Gasteiger partial charge in [0.25, 0.3) is 0 Å². The first-order valence-corrected chi connectivity index (χ1v) is 8.66. The number of halogens is 1. The standard InChI is InChI=1S/C17H24BrNO/c18-15-7-6-14-11-17(12-20,9-8-13(14)10-15)19-16-4-2-1-3-5-16/h6-7,10,16,19-20H,1-5,8-9,11-12H2. The molecule has 2 aliphatic carbocycles. The van der Waals surface area contributed by atoms with Crippen LogP contribution in [0, 0.1) is 0 Å². The van der Waals surface area contributed by atoms with Crippen LogP contribution in [0.1, 0.15) is 49.7 Å². The van der Waals surface area contributed by atoms with Crippen molar-refractivity contribution in [2.24, 2.45) is 0 Å². The smallest absolute Gasteiger partial charge is 0.0616 e. The van der Waals surface area contributed by atoms with E-state index < -0.39 is 0 Å². The van der Waals surface area contributed by atoms with E-state index >= 15 is 0 Å². The molecule has 3 rings (SSSR count). The third-order valence-electron chi connectivity index (χ3n) is 4.99. The molecule has 2 N–H and O–H groups in total. The second-order valence-electron chi connectivity index (χ2n) is 6.51. The molecule has 0 bridgehead atoms. The van der Waals surface area contributed by atoms with Gasteiger partial charge in [0.05, 0.1) is 6.61 Å². The molecule has 0 spiro atoms. The molecule has 1 unspecified atom stereocenters. The highest BCUT2D eigenvalue weighted by Crippen LogP contribution is 2.32. The summed E-state index contributed by atoms with van der Waals surface area (Å²) in [5, 5.41) is 13.8. The van der Waals surface area contributed by atoms with Crippen molar-refractivity contribution in [2.75, 3.05) is 6.61 Å². The summed E-state index contributed by atoms with van der Waals surface area (Å²) in [6.07, 6.45) is 9.66. The van der Waals surface area contributed by atoms with Crippen molar-refractivity contribution in [3.63, 3.8) is 0 Å². The molecular formula is C17H24BrNO. The van der Waals surface area contributed by atoms with Gasteiger partial charge in [-0.1, -0.05) is 41.3 Å². The van der Waals surface area contributed by atoms with Crippen LogP contribution in [-0.4, -0.2) is 23.3 Å². The predicted molar refractivity (Wildman–Crippen MR) is 86.0 cm³/mol. The summed E-state index contributed by atoms with van der Waals surface area (Å²) in [6, 6.07) is 7.17. The molecule has 110 valence electrons. The number of hydrogen-bond donors (Lipinski definition) is 2. The Morgan fingerprint density at radius 3 is 2.75 bits per heavy atom. The molecule has 1 fully saturated rings. The van der Waals surface area contributed by atoms with Gasteiger partial charge in [-0.2, -0.15) is 0 Å². The van der Waals surface area contributed by atoms with Gasteiger partial charge in [0.1, 0.15) is 0 Å². The lowest BCUT2D eigenvalue weighted by Crippen LogP contribution is -2.56. The molecule has 1 aromatic carbocycles. The molecule has 2 nitrogen and oxygen atoms in total. The van der Waals surface area contributed by atoms with E-state index in [-0.39, 0.29) is 12.1 Å². The average Bonchev–Trinajstić information content (AvgIpc) is 2.48. The Morgan fingerprint density at radius 2 is 2.00 bits per heavy atom. The van der Waals surface area contributed by atoms with Crippen LogP contribution in [-0.2, 0) is 12.8 Å². The highest BCUT2D eigenvalue weighted by atomic mass is 79.9. The fourth-order valence-corrected chi connectivity index (χ4v) is 4.22. The minimum absolute atomic E-state index is 0.0944. The number of aryl methyl sites for hydroxylation is 1. The van der Waals surface area contributed by atoms with E-state index in [9.17, 15) is 5.11 Å². The summed E-state index contributed by atoms with van der Waals surface area (Å²) in [4.78, 5) is 0. The zero-order valence-electron chi connectivity index (χ0n) is 12.0. The summed E-state index contributed by atoms with van der Waals surface area (Å²) < 4.78 is 1.16. The van der Waals surface area contributed by atoms with Crippen LogP contribution in [0.15, 0.2) is 22.7 Å². The molecule has 0 radical (unpaired) electrons. The lowest BCUT2D eigenvalue weighted by Gasteiger charge is -2.41. The molecule has 0 amide bonds. The maximum atomic E-state index is 9.98. The van der Waals surface area contributed by atoms with Crippen LogP contribution < -0.4 is 5.32 Å². The number of rotatable bonds is 3. The van der Waals surface area contributed by atoms with E-state index in [1.165, 1.54) is 43.2 Å². The Bertz CT molecular complexity index is 470. The van der Waals surface area contributed by atoms with Crippen molar-refractivity contribution in [2.45, 2.75) is 62.9 Å². The lowest BCUT2D eigenvalue weighted by molar-refractivity contribution is 0.123. The average molecular weight is 338 g/mol. The summed E-state index contributed by atoms with van der Waals surface area (Å²) in [5.41, 5.74) is 2.74. The first-order valence-electron chi connectivity index (χ1n) is 7.87. The van der Waals surface area contributed by atoms with Crippen molar-refractivity contribution in [3.8, 4) is 0 Å². The molecule has 20 heavy (non-hydrogen) atoms. The van der Waals surface area contributed by atoms with Gasteiger partial charge < -0.3 is 10.4 Å². The number of aliphatic hydroxyl groups excluding tert-OH is 1. The quantitative estimate of drug-likeness (QED) is 0.883. The van der Waals surface area contributed by atoms with Gasteiger partial charge in [0, 0.05) is 16.1 Å². The molecule has 2 aliphatic rings. The molecule has 0 aliphatic heterocycles. The minimum atomic E-state index is -0.0944. The number of aliphatic hydroxyl groups is 1. The third kappa shape index (κ3) is 3.10. The maximum absolute atomic E-state index is 9.98. The second kappa shape index (κ2) is 6.17. The van der Waals surface area contributed by atoms with Crippen LogP contribution in [0.4, 0.5) is 0 Å². The van der Waals surface area contributed by atoms with E-state index in [4.69, 9.17) is 0 Å². The summed E-state index contributed by atoms with van der Waals surface area (Å²) >= 11 is 3.55. The van der Waals surface area contributed by atoms with Crippen molar-refractivity contribution >= 4 is 15.9 Å². The van der Waals surface area contributed by atoms with Crippen LogP contribution in [0.3, 0.4) is 0 Å². The molecule has 3 heteroatoms. The summed E-state index contributed by atoms with van der Waals surface area (Å²) in [7, 11) is 0. The lowest BCUT2D eigenvalue weighted by atomic mass is 9.77. The van der Waals surface area contributed by atoms with Gasteiger partial charge in [-0.25, -0.2) is 0 Å². The largest absolute Gasteiger partial charge is 0.394 e. The highest BCUT2D eigenvalue weighted by molar-refractivity contribution is 9.10. The molecule has 1 aromatic rings. The maximum Gasteiger partial charge on any atom is 0.0616 e. The highest BCUT2D eigenvalue weighted by Gasteiger charge is 2.35. The molecule has 0 heterocycles. The SMILES string of the molecule is OCC1(NC2CCCCC2)CCc2cc(Br)ccc2C1. The number of fused-ring (bicyclic) bond motifs is 1. The Morgan fingerprint density at radius 1 is 1.20 bits per heavy atom. The molecule has 1 saturated carbocycles. The number of benzene rings is 1. The van der Waals surface area contributed by atoms with Gasteiger partial charge >= 0.3 is 0 Å². The van der Waals surface area contributed by atoms with Gasteiger partial charge in [-0.15, -0.1) is 0 Å². The first-order chi connectivity index (χ1) is 9.71. The van der Waals surface area contributed by atoms with Crippen LogP contribution in [0.5, 0.6) is 0 Å². The summed E-state index contributed by atoms with van der Waals surface area (Å²) in [6.45, 7) is 0.249. The number of nitrogens with one attached hydrogen (secondary N) is 1. The fourth-order valence-electron chi connectivity index (χ4n) is 3.81. The Kier molecular flexibility index (Phi) is 4.49. The van der Waals surface area contributed by atoms with E-state index in [1.807, 2.05) is 0 Å². The van der Waals surface area contributed by atoms with E-state index in [0.717, 1.165) is 23.7 Å². The zero-order chi connectivity index (χ0) is 14.0. The molecule has 0 aromatic heterocycles. The molecular weight excluding hydrogens is 314 g/mol. The van der Waals surface area contributed by atoms with Gasteiger partial charge in [0.2, 0.25) is 0 Å². The second-order valence-corrected chi connectivity index (χ2v) is 7.42. The Labute approximate surface area is 130 Å². The van der Waals surface area contributed by atoms with Gasteiger partial charge in [0.15, 0.2) is 0 Å². The van der Waals surface area contributed by atoms with Crippen molar-refractivity contribution in [3.05, 3.63) is 33.8 Å². The normalized spacial score (nSPS) is 27.3. The van der Waals surface area contributed by atoms with Gasteiger partial charge in [-0.3, -0.25) is 0 Å². The van der Waals surface area contributed by atoms with Crippen LogP contribution in [0.25, 0.3) is 0 Å². The Hall–Kier alpha value is -0.380. The first kappa shape index (κ1) is 14.6. The monoisotopic (exact) mass is 337 g/mol. The van der Waals surface area contributed by atoms with E-state index in [1.54, 1.807) is 0 Å². The fraction of sp³-hybridized carbons (Fsp3) is 0.647. The third-order valence-corrected chi connectivity index (χ3v) is 5.48. The number of hydrogen-bond acceptors (Lipinski definition) is 2. The van der Waals surface area contributed by atoms with Gasteiger partial charge in [-0.05, 0) is 55.4 Å².